The Balaban J connectivity index is 0.954. The Morgan fingerprint density at radius 3 is 2.71 bits per heavy atom. The van der Waals surface area contributed by atoms with E-state index in [1.54, 1.807) is 4.57 Å². The van der Waals surface area contributed by atoms with Crippen molar-refractivity contribution in [3.05, 3.63) is 42.2 Å². The Labute approximate surface area is 245 Å². The average molecular weight is 575 g/mol. The third kappa shape index (κ3) is 4.76. The van der Waals surface area contributed by atoms with Crippen molar-refractivity contribution in [1.82, 2.24) is 34.4 Å². The van der Waals surface area contributed by atoms with Crippen LogP contribution in [0.2, 0.25) is 0 Å². The zero-order valence-corrected chi connectivity index (χ0v) is 24.6. The second-order valence-corrected chi connectivity index (χ2v) is 13.3. The number of aryl methyl sites for hydroxylation is 1. The second-order valence-electron chi connectivity index (χ2n) is 13.3. The van der Waals surface area contributed by atoms with Crippen LogP contribution in [0.15, 0.2) is 30.9 Å². The summed E-state index contributed by atoms with van der Waals surface area (Å²) in [7, 11) is 0. The summed E-state index contributed by atoms with van der Waals surface area (Å²) in [6.45, 7) is 7.27. The van der Waals surface area contributed by atoms with Gasteiger partial charge in [0.2, 0.25) is 0 Å². The Bertz CT molecular complexity index is 1570. The van der Waals surface area contributed by atoms with E-state index in [0.29, 0.717) is 35.1 Å². The maximum absolute atomic E-state index is 11.0. The van der Waals surface area contributed by atoms with Crippen molar-refractivity contribution in [1.29, 1.82) is 0 Å². The predicted octanol–water partition coefficient (Wildman–Crippen LogP) is 3.47. The molecule has 11 heteroatoms. The largest absolute Gasteiger partial charge is 0.387 e. The van der Waals surface area contributed by atoms with Crippen molar-refractivity contribution >= 4 is 28.0 Å². The number of aliphatic hydroxyl groups excluding tert-OH is 2. The first-order chi connectivity index (χ1) is 20.2. The maximum atomic E-state index is 11.0. The minimum atomic E-state index is -1.11. The van der Waals surface area contributed by atoms with Gasteiger partial charge >= 0.3 is 0 Å². The Morgan fingerprint density at radius 2 is 1.98 bits per heavy atom. The highest BCUT2D eigenvalue weighted by atomic mass is 16.6. The molecular weight excluding hydrogens is 532 g/mol. The van der Waals surface area contributed by atoms with E-state index in [-0.39, 0.29) is 11.9 Å². The molecule has 1 aliphatic heterocycles. The second kappa shape index (κ2) is 10.6. The van der Waals surface area contributed by atoms with Crippen LogP contribution in [0.1, 0.15) is 76.9 Å². The van der Waals surface area contributed by atoms with Gasteiger partial charge in [0.1, 0.15) is 36.0 Å². The smallest absolute Gasteiger partial charge is 0.167 e. The number of anilines is 1. The van der Waals surface area contributed by atoms with Crippen LogP contribution in [0.4, 0.5) is 5.82 Å². The Morgan fingerprint density at radius 1 is 1.17 bits per heavy atom. The highest BCUT2D eigenvalue weighted by Crippen LogP contribution is 2.44. The molecule has 2 aliphatic carbocycles. The van der Waals surface area contributed by atoms with E-state index in [4.69, 9.17) is 15.5 Å². The van der Waals surface area contributed by atoms with Crippen molar-refractivity contribution in [2.45, 2.75) is 108 Å². The van der Waals surface area contributed by atoms with Crippen LogP contribution in [0, 0.1) is 5.92 Å². The van der Waals surface area contributed by atoms with E-state index < -0.39 is 24.5 Å². The Kier molecular flexibility index (Phi) is 6.96. The number of ether oxygens (including phenoxy) is 1. The summed E-state index contributed by atoms with van der Waals surface area (Å²) in [6.07, 6.45) is 7.56. The Hall–Kier alpha value is -3.12. The average Bonchev–Trinajstić information content (AvgIpc) is 3.62. The molecule has 5 N–H and O–H groups in total. The van der Waals surface area contributed by atoms with Crippen LogP contribution in [0.5, 0.6) is 0 Å². The van der Waals surface area contributed by atoms with Crippen molar-refractivity contribution in [2.24, 2.45) is 5.92 Å². The standard InChI is InChI=1S/C31H42N8O3/c1-17(2)38(14-23-26(40)27(41)30(42-23)39-16-35-25-28(32)33-15-34-29(25)39)20-11-18(12-20)5-8-24-36-21-7-6-19(13-22(21)37-24)31(3)9-4-10-31/h6-7,13,15-18,20,23,26-27,30,40-41H,4-5,8-12,14H2,1-3H3,(H,36,37)(H2,32,33,34)/t18?,20?,23-,26+,27+,30-/m1/s1. The van der Waals surface area contributed by atoms with Gasteiger partial charge in [0.05, 0.1) is 17.4 Å². The normalized spacial score (nSPS) is 29.0. The molecule has 4 atom stereocenters. The predicted molar refractivity (Wildman–Crippen MR) is 160 cm³/mol. The highest BCUT2D eigenvalue weighted by molar-refractivity contribution is 5.81. The van der Waals surface area contributed by atoms with Crippen LogP contribution in [-0.4, -0.2) is 81.5 Å². The fourth-order valence-electron chi connectivity index (χ4n) is 7.25. The van der Waals surface area contributed by atoms with Crippen LogP contribution in [0.25, 0.3) is 22.2 Å². The van der Waals surface area contributed by atoms with E-state index in [0.717, 1.165) is 42.5 Å². The fourth-order valence-corrected chi connectivity index (χ4v) is 7.25. The van der Waals surface area contributed by atoms with Crippen molar-refractivity contribution in [3.8, 4) is 0 Å². The molecule has 7 rings (SSSR count). The maximum Gasteiger partial charge on any atom is 0.167 e. The molecule has 0 radical (unpaired) electrons. The monoisotopic (exact) mass is 574 g/mol. The summed E-state index contributed by atoms with van der Waals surface area (Å²) >= 11 is 0. The molecule has 1 aromatic carbocycles. The van der Waals surface area contributed by atoms with Gasteiger partial charge in [0.15, 0.2) is 17.7 Å². The van der Waals surface area contributed by atoms with E-state index in [2.05, 4.69) is 63.8 Å². The minimum absolute atomic E-state index is 0.265. The summed E-state index contributed by atoms with van der Waals surface area (Å²) in [4.78, 5) is 23.4. The molecule has 224 valence electrons. The molecule has 0 unspecified atom stereocenters. The lowest BCUT2D eigenvalue weighted by Gasteiger charge is -2.46. The molecule has 3 aromatic heterocycles. The number of imidazole rings is 2. The van der Waals surface area contributed by atoms with Gasteiger partial charge in [0.25, 0.3) is 0 Å². The number of aromatic nitrogens is 6. The number of nitrogen functional groups attached to an aromatic ring is 1. The molecule has 4 heterocycles. The molecule has 2 saturated carbocycles. The number of nitrogens with one attached hydrogen (secondary N) is 1. The van der Waals surface area contributed by atoms with Gasteiger partial charge in [-0.3, -0.25) is 9.47 Å². The van der Waals surface area contributed by atoms with Gasteiger partial charge in [-0.15, -0.1) is 0 Å². The quantitative estimate of drug-likeness (QED) is 0.236. The van der Waals surface area contributed by atoms with Crippen LogP contribution >= 0.6 is 0 Å². The van der Waals surface area contributed by atoms with Gasteiger partial charge in [-0.05, 0) is 75.0 Å². The van der Waals surface area contributed by atoms with Gasteiger partial charge < -0.3 is 25.7 Å². The third-order valence-electron chi connectivity index (χ3n) is 10.2. The lowest BCUT2D eigenvalue weighted by Crippen LogP contribution is -2.52. The topological polar surface area (TPSA) is 151 Å². The van der Waals surface area contributed by atoms with Crippen LogP contribution in [0.3, 0.4) is 0 Å². The van der Waals surface area contributed by atoms with Crippen LogP contribution in [-0.2, 0) is 16.6 Å². The number of rotatable bonds is 9. The molecule has 1 saturated heterocycles. The van der Waals surface area contributed by atoms with Gasteiger partial charge in [-0.2, -0.15) is 0 Å². The molecule has 0 bridgehead atoms. The number of benzene rings is 1. The van der Waals surface area contributed by atoms with E-state index >= 15 is 0 Å². The van der Waals surface area contributed by atoms with Crippen molar-refractivity contribution in [3.63, 3.8) is 0 Å². The first-order valence-corrected chi connectivity index (χ1v) is 15.4. The number of aliphatic hydroxyl groups is 2. The molecule has 4 aromatic rings. The van der Waals surface area contributed by atoms with Crippen molar-refractivity contribution in [2.75, 3.05) is 12.3 Å². The first kappa shape index (κ1) is 27.7. The van der Waals surface area contributed by atoms with E-state index in [1.165, 1.54) is 37.5 Å². The first-order valence-electron chi connectivity index (χ1n) is 15.4. The van der Waals surface area contributed by atoms with Gasteiger partial charge in [0, 0.05) is 25.0 Å². The number of nitrogens with two attached hydrogens (primary N) is 1. The summed E-state index contributed by atoms with van der Waals surface area (Å²) in [5, 5.41) is 21.9. The number of aromatic amines is 1. The van der Waals surface area contributed by atoms with Gasteiger partial charge in [-0.1, -0.05) is 19.4 Å². The molecular formula is C31H42N8O3. The molecule has 11 nitrogen and oxygen atoms in total. The van der Waals surface area contributed by atoms with Crippen molar-refractivity contribution < 1.29 is 14.9 Å². The number of hydrogen-bond donors (Lipinski definition) is 4. The van der Waals surface area contributed by atoms with E-state index in [1.807, 2.05) is 0 Å². The van der Waals surface area contributed by atoms with Gasteiger partial charge in [-0.25, -0.2) is 19.9 Å². The summed E-state index contributed by atoms with van der Waals surface area (Å²) in [6, 6.07) is 7.46. The summed E-state index contributed by atoms with van der Waals surface area (Å²) < 4.78 is 7.88. The molecule has 0 spiro atoms. The zero-order valence-electron chi connectivity index (χ0n) is 24.6. The number of hydrogen-bond acceptors (Lipinski definition) is 9. The number of nitrogens with zero attached hydrogens (tertiary/aromatic N) is 6. The van der Waals surface area contributed by atoms with E-state index in [9.17, 15) is 10.2 Å². The molecule has 42 heavy (non-hydrogen) atoms. The lowest BCUT2D eigenvalue weighted by molar-refractivity contribution is -0.0620. The lowest BCUT2D eigenvalue weighted by atomic mass is 9.66. The summed E-state index contributed by atoms with van der Waals surface area (Å²) in [5.74, 6) is 1.98. The molecule has 3 aliphatic rings. The highest BCUT2D eigenvalue weighted by Gasteiger charge is 2.46. The molecule has 3 fully saturated rings. The third-order valence-corrected chi connectivity index (χ3v) is 10.2. The molecule has 0 amide bonds. The number of H-pyrrole nitrogens is 1. The zero-order chi connectivity index (χ0) is 29.2. The SMILES string of the molecule is CC(C)N(C[C@H]1O[C@@H](n2cnc3c(N)ncnc32)[C@@H](O)[C@H]1O)C1CC(CCc2nc3cc(C4(C)CCC4)ccc3[nH]2)C1. The minimum Gasteiger partial charge on any atom is -0.387 e. The van der Waals surface area contributed by atoms with Crippen LogP contribution < -0.4 is 5.73 Å². The summed E-state index contributed by atoms with van der Waals surface area (Å²) in [5.41, 5.74) is 10.8. The number of fused-ring (bicyclic) bond motifs is 2. The fraction of sp³-hybridized carbons (Fsp3) is 0.613.